The molecule has 0 aromatic rings. The van der Waals surface area contributed by atoms with Gasteiger partial charge in [0.1, 0.15) is 12.2 Å². The summed E-state index contributed by atoms with van der Waals surface area (Å²) in [6, 6.07) is 0. The molecule has 108 valence electrons. The van der Waals surface area contributed by atoms with E-state index >= 15 is 0 Å². The minimum absolute atomic E-state index is 0.0217. The van der Waals surface area contributed by atoms with Crippen LogP contribution in [0.1, 0.15) is 33.6 Å². The van der Waals surface area contributed by atoms with Gasteiger partial charge < -0.3 is 14.9 Å². The molecule has 1 heterocycles. The lowest BCUT2D eigenvalue weighted by Gasteiger charge is -2.36. The Balaban J connectivity index is 2.54. The third kappa shape index (κ3) is 4.94. The van der Waals surface area contributed by atoms with Crippen molar-refractivity contribution in [1.29, 1.82) is 0 Å². The van der Waals surface area contributed by atoms with Crippen molar-refractivity contribution < 1.29 is 14.9 Å². The maximum absolute atomic E-state index is 10.00. The minimum atomic E-state index is -0.843. The molecule has 0 bridgehead atoms. The summed E-state index contributed by atoms with van der Waals surface area (Å²) in [5.74, 6) is -0.0217. The Morgan fingerprint density at radius 2 is 1.95 bits per heavy atom. The zero-order chi connectivity index (χ0) is 14.3. The van der Waals surface area contributed by atoms with Crippen LogP contribution in [-0.2, 0) is 4.74 Å². The van der Waals surface area contributed by atoms with Crippen molar-refractivity contribution in [3.05, 3.63) is 36.0 Å². The van der Waals surface area contributed by atoms with Crippen LogP contribution in [-0.4, -0.2) is 35.1 Å². The molecule has 0 aromatic carbocycles. The van der Waals surface area contributed by atoms with E-state index in [-0.39, 0.29) is 5.92 Å². The largest absolute Gasteiger partial charge is 0.390 e. The molecule has 0 amide bonds. The van der Waals surface area contributed by atoms with E-state index in [1.165, 1.54) is 0 Å². The van der Waals surface area contributed by atoms with Gasteiger partial charge in [-0.3, -0.25) is 0 Å². The maximum atomic E-state index is 10.00. The molecule has 19 heavy (non-hydrogen) atoms. The quantitative estimate of drug-likeness (QED) is 0.752. The maximum Gasteiger partial charge on any atom is 0.110 e. The van der Waals surface area contributed by atoms with Gasteiger partial charge in [0.25, 0.3) is 0 Å². The fourth-order valence-electron chi connectivity index (χ4n) is 2.08. The third-order valence-corrected chi connectivity index (χ3v) is 3.40. The van der Waals surface area contributed by atoms with Gasteiger partial charge in [0.05, 0.1) is 12.7 Å². The first-order chi connectivity index (χ1) is 9.07. The summed E-state index contributed by atoms with van der Waals surface area (Å²) in [5.41, 5.74) is 0.929. The number of allylic oxidation sites excluding steroid dienone is 5. The van der Waals surface area contributed by atoms with Crippen LogP contribution in [0.25, 0.3) is 0 Å². The zero-order valence-corrected chi connectivity index (χ0v) is 12.1. The number of hydrogen-bond donors (Lipinski definition) is 2. The standard InChI is InChI=1S/C16H26O3/c1-4-5-6-7-8-9-10-12(2)16-15(18)14(17)13(3)11-19-16/h6-10,13-18H,4-5,11H2,1-3H3. The molecule has 0 aromatic heterocycles. The highest BCUT2D eigenvalue weighted by atomic mass is 16.5. The van der Waals surface area contributed by atoms with Gasteiger partial charge in [0.2, 0.25) is 0 Å². The van der Waals surface area contributed by atoms with Gasteiger partial charge in [-0.05, 0) is 18.9 Å². The van der Waals surface area contributed by atoms with E-state index in [4.69, 9.17) is 4.74 Å². The van der Waals surface area contributed by atoms with Crippen LogP contribution >= 0.6 is 0 Å². The Morgan fingerprint density at radius 1 is 1.21 bits per heavy atom. The first-order valence-corrected chi connectivity index (χ1v) is 7.05. The summed E-state index contributed by atoms with van der Waals surface area (Å²) >= 11 is 0. The van der Waals surface area contributed by atoms with Crippen LogP contribution in [0.3, 0.4) is 0 Å². The van der Waals surface area contributed by atoms with Gasteiger partial charge >= 0.3 is 0 Å². The van der Waals surface area contributed by atoms with Crippen LogP contribution < -0.4 is 0 Å². The van der Waals surface area contributed by atoms with Gasteiger partial charge in [-0.25, -0.2) is 0 Å². The van der Waals surface area contributed by atoms with Crippen molar-refractivity contribution in [3.63, 3.8) is 0 Å². The predicted octanol–water partition coefficient (Wildman–Crippen LogP) is 2.60. The zero-order valence-electron chi connectivity index (χ0n) is 12.1. The molecule has 1 aliphatic rings. The van der Waals surface area contributed by atoms with E-state index in [1.54, 1.807) is 0 Å². The SMILES string of the molecule is CCCC=CC=CC=C(C)C1OCC(C)C(O)C1O. The molecule has 4 atom stereocenters. The molecule has 4 unspecified atom stereocenters. The molecule has 0 saturated carbocycles. The number of hydrogen-bond acceptors (Lipinski definition) is 3. The smallest absolute Gasteiger partial charge is 0.110 e. The normalized spacial score (nSPS) is 33.4. The highest BCUT2D eigenvalue weighted by molar-refractivity contribution is 5.20. The highest BCUT2D eigenvalue weighted by Crippen LogP contribution is 2.24. The van der Waals surface area contributed by atoms with E-state index in [0.717, 1.165) is 18.4 Å². The number of ether oxygens (including phenoxy) is 1. The summed E-state index contributed by atoms with van der Waals surface area (Å²) in [6.45, 7) is 6.42. The molecule has 1 saturated heterocycles. The molecule has 3 nitrogen and oxygen atoms in total. The molecule has 0 aliphatic carbocycles. The molecule has 1 aliphatic heterocycles. The predicted molar refractivity (Wildman–Crippen MR) is 77.9 cm³/mol. The Hall–Kier alpha value is -0.900. The van der Waals surface area contributed by atoms with Crippen molar-refractivity contribution in [2.24, 2.45) is 5.92 Å². The lowest BCUT2D eigenvalue weighted by Crippen LogP contribution is -2.49. The highest BCUT2D eigenvalue weighted by Gasteiger charge is 2.36. The van der Waals surface area contributed by atoms with Crippen LogP contribution in [0.5, 0.6) is 0 Å². The van der Waals surface area contributed by atoms with E-state index in [1.807, 2.05) is 38.2 Å². The van der Waals surface area contributed by atoms with Crippen molar-refractivity contribution in [3.8, 4) is 0 Å². The molecule has 2 N–H and O–H groups in total. The van der Waals surface area contributed by atoms with Gasteiger partial charge in [0, 0.05) is 5.92 Å². The average Bonchev–Trinajstić information content (AvgIpc) is 2.40. The van der Waals surface area contributed by atoms with Crippen LogP contribution in [0.2, 0.25) is 0 Å². The average molecular weight is 266 g/mol. The second-order valence-electron chi connectivity index (χ2n) is 5.22. The Kier molecular flexibility index (Phi) is 7.06. The van der Waals surface area contributed by atoms with Crippen LogP contribution in [0, 0.1) is 5.92 Å². The monoisotopic (exact) mass is 266 g/mol. The van der Waals surface area contributed by atoms with Crippen LogP contribution in [0.15, 0.2) is 36.0 Å². The van der Waals surface area contributed by atoms with Crippen molar-refractivity contribution >= 4 is 0 Å². The summed E-state index contributed by atoms with van der Waals surface area (Å²) in [6.07, 6.45) is 10.2. The van der Waals surface area contributed by atoms with Gasteiger partial charge in [-0.15, -0.1) is 0 Å². The first kappa shape index (κ1) is 16.2. The summed E-state index contributed by atoms with van der Waals surface area (Å²) < 4.78 is 5.60. The van der Waals surface area contributed by atoms with Gasteiger partial charge in [-0.1, -0.05) is 50.6 Å². The molecular weight excluding hydrogens is 240 g/mol. The Bertz CT molecular complexity index is 344. The first-order valence-electron chi connectivity index (χ1n) is 7.05. The van der Waals surface area contributed by atoms with Crippen molar-refractivity contribution in [1.82, 2.24) is 0 Å². The lowest BCUT2D eigenvalue weighted by atomic mass is 9.90. The summed E-state index contributed by atoms with van der Waals surface area (Å²) in [5, 5.41) is 19.8. The number of unbranched alkanes of at least 4 members (excludes halogenated alkanes) is 1. The molecule has 3 heteroatoms. The van der Waals surface area contributed by atoms with E-state index < -0.39 is 18.3 Å². The number of aliphatic hydroxyl groups excluding tert-OH is 2. The van der Waals surface area contributed by atoms with Gasteiger partial charge in [0.15, 0.2) is 0 Å². The summed E-state index contributed by atoms with van der Waals surface area (Å²) in [7, 11) is 0. The fourth-order valence-corrected chi connectivity index (χ4v) is 2.08. The minimum Gasteiger partial charge on any atom is -0.390 e. The molecule has 0 radical (unpaired) electrons. The second-order valence-corrected chi connectivity index (χ2v) is 5.22. The lowest BCUT2D eigenvalue weighted by molar-refractivity contribution is -0.147. The molecule has 0 spiro atoms. The van der Waals surface area contributed by atoms with Crippen molar-refractivity contribution in [2.45, 2.75) is 51.9 Å². The van der Waals surface area contributed by atoms with Crippen LogP contribution in [0.4, 0.5) is 0 Å². The molecule has 1 rings (SSSR count). The summed E-state index contributed by atoms with van der Waals surface area (Å²) in [4.78, 5) is 0. The number of rotatable bonds is 5. The molecular formula is C16H26O3. The van der Waals surface area contributed by atoms with Crippen molar-refractivity contribution in [2.75, 3.05) is 6.61 Å². The van der Waals surface area contributed by atoms with E-state index in [9.17, 15) is 10.2 Å². The van der Waals surface area contributed by atoms with E-state index in [0.29, 0.717) is 6.61 Å². The fraction of sp³-hybridized carbons (Fsp3) is 0.625. The topological polar surface area (TPSA) is 49.7 Å². The number of aliphatic hydroxyl groups is 2. The van der Waals surface area contributed by atoms with E-state index in [2.05, 4.69) is 13.0 Å². The Labute approximate surface area is 116 Å². The molecule has 1 fully saturated rings. The second kappa shape index (κ2) is 8.31. The Morgan fingerprint density at radius 3 is 2.63 bits per heavy atom. The van der Waals surface area contributed by atoms with Gasteiger partial charge in [-0.2, -0.15) is 0 Å². The third-order valence-electron chi connectivity index (χ3n) is 3.40.